The van der Waals surface area contributed by atoms with Gasteiger partial charge in [-0.15, -0.1) is 0 Å². The number of allylic oxidation sites excluding steroid dienone is 1. The lowest BCUT2D eigenvalue weighted by Crippen LogP contribution is -2.46. The van der Waals surface area contributed by atoms with E-state index in [1.54, 1.807) is 26.1 Å². The lowest BCUT2D eigenvalue weighted by atomic mass is 9.93. The first-order valence-corrected chi connectivity index (χ1v) is 7.40. The number of rotatable bonds is 3. The Morgan fingerprint density at radius 1 is 1.32 bits per heavy atom. The minimum atomic E-state index is -0.270. The highest BCUT2D eigenvalue weighted by atomic mass is 32.1. The zero-order valence-electron chi connectivity index (χ0n) is 13.5. The number of likely N-dealkylation sites (N-methyl/N-ethyl adjacent to an activating group) is 1. The van der Waals surface area contributed by atoms with Crippen LogP contribution in [0.15, 0.2) is 29.5 Å². The van der Waals surface area contributed by atoms with Crippen molar-refractivity contribution in [1.82, 2.24) is 15.5 Å². The summed E-state index contributed by atoms with van der Waals surface area (Å²) in [6.45, 7) is 3.85. The number of hydrogen-bond donors (Lipinski definition) is 2. The van der Waals surface area contributed by atoms with Crippen molar-refractivity contribution in [2.45, 2.75) is 19.9 Å². The van der Waals surface area contributed by atoms with Crippen LogP contribution in [0.5, 0.6) is 5.75 Å². The number of ether oxygens (including phenoxy) is 1. The van der Waals surface area contributed by atoms with Gasteiger partial charge in [-0.05, 0) is 49.3 Å². The number of thiocarbonyl (C=S) groups is 1. The van der Waals surface area contributed by atoms with Gasteiger partial charge in [-0.1, -0.05) is 6.07 Å². The van der Waals surface area contributed by atoms with Crippen LogP contribution < -0.4 is 15.4 Å². The van der Waals surface area contributed by atoms with Crippen molar-refractivity contribution < 1.29 is 9.53 Å². The summed E-state index contributed by atoms with van der Waals surface area (Å²) in [5.41, 5.74) is 3.44. The van der Waals surface area contributed by atoms with E-state index in [0.29, 0.717) is 10.7 Å². The molecule has 6 heteroatoms. The molecule has 1 aliphatic heterocycles. The SMILES string of the molecule is COc1ccc([C@H]2NC(=S)NC(C)=C2C(=O)N(C)C)cc1C. The monoisotopic (exact) mass is 319 g/mol. The number of hydrogen-bond acceptors (Lipinski definition) is 3. The van der Waals surface area contributed by atoms with Crippen molar-refractivity contribution in [3.8, 4) is 5.75 Å². The van der Waals surface area contributed by atoms with Gasteiger partial charge in [0.1, 0.15) is 5.75 Å². The van der Waals surface area contributed by atoms with Crippen LogP contribution in [0, 0.1) is 6.92 Å². The summed E-state index contributed by atoms with van der Waals surface area (Å²) in [4.78, 5) is 14.1. The van der Waals surface area contributed by atoms with Gasteiger partial charge in [0, 0.05) is 19.8 Å². The van der Waals surface area contributed by atoms with Gasteiger partial charge >= 0.3 is 0 Å². The molecule has 5 nitrogen and oxygen atoms in total. The van der Waals surface area contributed by atoms with Gasteiger partial charge in [-0.25, -0.2) is 0 Å². The van der Waals surface area contributed by atoms with Gasteiger partial charge in [0.05, 0.1) is 18.7 Å². The van der Waals surface area contributed by atoms with E-state index in [1.807, 2.05) is 32.0 Å². The summed E-state index contributed by atoms with van der Waals surface area (Å²) in [7, 11) is 5.13. The molecule has 1 heterocycles. The van der Waals surface area contributed by atoms with Crippen LogP contribution in [0.3, 0.4) is 0 Å². The molecule has 0 saturated heterocycles. The molecule has 0 spiro atoms. The maximum absolute atomic E-state index is 12.5. The number of carbonyl (C=O) groups is 1. The molecule has 0 fully saturated rings. The molecule has 0 saturated carbocycles. The molecule has 2 rings (SSSR count). The lowest BCUT2D eigenvalue weighted by molar-refractivity contribution is -0.125. The molecule has 1 aromatic rings. The number of carbonyl (C=O) groups excluding carboxylic acids is 1. The Hall–Kier alpha value is -2.08. The van der Waals surface area contributed by atoms with E-state index in [9.17, 15) is 4.79 Å². The first-order valence-electron chi connectivity index (χ1n) is 6.99. The lowest BCUT2D eigenvalue weighted by Gasteiger charge is -2.31. The largest absolute Gasteiger partial charge is 0.496 e. The Balaban J connectivity index is 2.50. The molecule has 0 aliphatic carbocycles. The zero-order chi connectivity index (χ0) is 16.4. The molecule has 0 unspecified atom stereocenters. The van der Waals surface area contributed by atoms with E-state index < -0.39 is 0 Å². The van der Waals surface area contributed by atoms with Crippen molar-refractivity contribution in [3.05, 3.63) is 40.6 Å². The zero-order valence-corrected chi connectivity index (χ0v) is 14.3. The molecule has 22 heavy (non-hydrogen) atoms. The highest BCUT2D eigenvalue weighted by molar-refractivity contribution is 7.80. The second-order valence-electron chi connectivity index (χ2n) is 5.50. The van der Waals surface area contributed by atoms with Crippen LogP contribution >= 0.6 is 12.2 Å². The van der Waals surface area contributed by atoms with E-state index in [4.69, 9.17) is 17.0 Å². The highest BCUT2D eigenvalue weighted by Crippen LogP contribution is 2.30. The van der Waals surface area contributed by atoms with E-state index in [-0.39, 0.29) is 11.9 Å². The number of methoxy groups -OCH3 is 1. The van der Waals surface area contributed by atoms with Crippen molar-refractivity contribution in [3.63, 3.8) is 0 Å². The summed E-state index contributed by atoms with van der Waals surface area (Å²) in [5.74, 6) is 0.778. The predicted molar refractivity (Wildman–Crippen MR) is 90.7 cm³/mol. The average Bonchev–Trinajstić information content (AvgIpc) is 2.45. The maximum Gasteiger partial charge on any atom is 0.253 e. The first kappa shape index (κ1) is 16.3. The minimum absolute atomic E-state index is 0.0431. The number of aryl methyl sites for hydroxylation is 1. The van der Waals surface area contributed by atoms with Gasteiger partial charge < -0.3 is 20.3 Å². The van der Waals surface area contributed by atoms with Gasteiger partial charge in [0.25, 0.3) is 5.91 Å². The maximum atomic E-state index is 12.5. The Bertz CT molecular complexity index is 653. The third kappa shape index (κ3) is 3.06. The molecule has 1 atom stereocenters. The standard InChI is InChI=1S/C16H21N3O2S/c1-9-8-11(6-7-12(9)21-5)14-13(15(20)19(3)4)10(2)17-16(22)18-14/h6-8,14H,1-5H3,(H2,17,18,22)/t14-/m1/s1. The quantitative estimate of drug-likeness (QED) is 0.833. The fourth-order valence-electron chi connectivity index (χ4n) is 2.55. The Labute approximate surface area is 136 Å². The van der Waals surface area contributed by atoms with Crippen LogP contribution in [0.4, 0.5) is 0 Å². The molecule has 0 aromatic heterocycles. The van der Waals surface area contributed by atoms with Crippen molar-refractivity contribution in [2.24, 2.45) is 0 Å². The predicted octanol–water partition coefficient (Wildman–Crippen LogP) is 1.88. The Morgan fingerprint density at radius 3 is 2.55 bits per heavy atom. The van der Waals surface area contributed by atoms with E-state index in [1.165, 1.54) is 0 Å². The molecular formula is C16H21N3O2S. The minimum Gasteiger partial charge on any atom is -0.496 e. The van der Waals surface area contributed by atoms with Crippen LogP contribution in [-0.4, -0.2) is 37.1 Å². The first-order chi connectivity index (χ1) is 10.3. The fraction of sp³-hybridized carbons (Fsp3) is 0.375. The second kappa shape index (κ2) is 6.36. The second-order valence-corrected chi connectivity index (χ2v) is 5.91. The normalized spacial score (nSPS) is 17.7. The van der Waals surface area contributed by atoms with Crippen LogP contribution in [0.1, 0.15) is 24.1 Å². The number of nitrogens with zero attached hydrogens (tertiary/aromatic N) is 1. The fourth-order valence-corrected chi connectivity index (χ4v) is 2.82. The van der Waals surface area contributed by atoms with Crippen molar-refractivity contribution in [2.75, 3.05) is 21.2 Å². The smallest absolute Gasteiger partial charge is 0.253 e. The third-order valence-electron chi connectivity index (χ3n) is 3.66. The topological polar surface area (TPSA) is 53.6 Å². The molecule has 0 radical (unpaired) electrons. The summed E-state index contributed by atoms with van der Waals surface area (Å²) >= 11 is 5.24. The molecule has 2 N–H and O–H groups in total. The van der Waals surface area contributed by atoms with Gasteiger partial charge in [-0.3, -0.25) is 4.79 Å². The average molecular weight is 319 g/mol. The molecule has 1 aromatic carbocycles. The van der Waals surface area contributed by atoms with Crippen molar-refractivity contribution in [1.29, 1.82) is 0 Å². The Kier molecular flexibility index (Phi) is 4.71. The number of benzene rings is 1. The summed E-state index contributed by atoms with van der Waals surface area (Å²) in [6.07, 6.45) is 0. The number of nitrogens with one attached hydrogen (secondary N) is 2. The number of amides is 1. The third-order valence-corrected chi connectivity index (χ3v) is 3.88. The molecule has 1 aliphatic rings. The Morgan fingerprint density at radius 2 is 2.00 bits per heavy atom. The summed E-state index contributed by atoms with van der Waals surface area (Å²) in [6, 6.07) is 5.60. The van der Waals surface area contributed by atoms with E-state index in [0.717, 1.165) is 22.6 Å². The summed E-state index contributed by atoms with van der Waals surface area (Å²) in [5, 5.41) is 6.74. The van der Waals surface area contributed by atoms with E-state index >= 15 is 0 Å². The van der Waals surface area contributed by atoms with Crippen LogP contribution in [0.2, 0.25) is 0 Å². The highest BCUT2D eigenvalue weighted by Gasteiger charge is 2.30. The van der Waals surface area contributed by atoms with Crippen LogP contribution in [0.25, 0.3) is 0 Å². The van der Waals surface area contributed by atoms with Gasteiger partial charge in [-0.2, -0.15) is 0 Å². The molecule has 1 amide bonds. The van der Waals surface area contributed by atoms with E-state index in [2.05, 4.69) is 10.6 Å². The van der Waals surface area contributed by atoms with Crippen LogP contribution in [-0.2, 0) is 4.79 Å². The summed E-state index contributed by atoms with van der Waals surface area (Å²) < 4.78 is 5.30. The molecule has 118 valence electrons. The molecule has 0 bridgehead atoms. The van der Waals surface area contributed by atoms with Gasteiger partial charge in [0.15, 0.2) is 5.11 Å². The van der Waals surface area contributed by atoms with Crippen molar-refractivity contribution >= 4 is 23.2 Å². The van der Waals surface area contributed by atoms with Gasteiger partial charge in [0.2, 0.25) is 0 Å². The molecular weight excluding hydrogens is 298 g/mol.